The fourth-order valence-corrected chi connectivity index (χ4v) is 3.06. The van der Waals surface area contributed by atoms with E-state index in [4.69, 9.17) is 9.84 Å². The van der Waals surface area contributed by atoms with Gasteiger partial charge in [-0.1, -0.05) is 12.1 Å². The summed E-state index contributed by atoms with van der Waals surface area (Å²) in [6.07, 6.45) is 4.00. The highest BCUT2D eigenvalue weighted by Crippen LogP contribution is 2.37. The first kappa shape index (κ1) is 14.8. The third-order valence-corrected chi connectivity index (χ3v) is 4.16. The lowest BCUT2D eigenvalue weighted by molar-refractivity contribution is 0.272. The zero-order valence-electron chi connectivity index (χ0n) is 11.4. The van der Waals surface area contributed by atoms with Gasteiger partial charge in [-0.2, -0.15) is 0 Å². The molecule has 1 heterocycles. The average molecular weight is 328 g/mol. The molecule has 2 N–H and O–H groups in total. The van der Waals surface area contributed by atoms with Crippen LogP contribution in [0.4, 0.5) is 0 Å². The van der Waals surface area contributed by atoms with E-state index < -0.39 is 0 Å². The van der Waals surface area contributed by atoms with Crippen LogP contribution in [0.25, 0.3) is 0 Å². The van der Waals surface area contributed by atoms with Crippen molar-refractivity contribution in [1.29, 1.82) is 0 Å². The largest absolute Gasteiger partial charge is 0.492 e. The highest BCUT2D eigenvalue weighted by Gasteiger charge is 2.22. The molecular formula is C15H22BrNO2. The summed E-state index contributed by atoms with van der Waals surface area (Å²) in [4.78, 5) is 0. The lowest BCUT2D eigenvalue weighted by atomic mass is 10.0. The van der Waals surface area contributed by atoms with Gasteiger partial charge >= 0.3 is 0 Å². The van der Waals surface area contributed by atoms with Crippen LogP contribution in [0, 0.1) is 0 Å². The van der Waals surface area contributed by atoms with E-state index in [1.54, 1.807) is 0 Å². The molecule has 2 unspecified atom stereocenters. The van der Waals surface area contributed by atoms with Crippen LogP contribution in [0.2, 0.25) is 0 Å². The van der Waals surface area contributed by atoms with Crippen molar-refractivity contribution in [3.63, 3.8) is 0 Å². The summed E-state index contributed by atoms with van der Waals surface area (Å²) in [7, 11) is 0. The predicted molar refractivity (Wildman–Crippen MR) is 80.5 cm³/mol. The monoisotopic (exact) mass is 327 g/mol. The minimum atomic E-state index is 0.266. The predicted octanol–water partition coefficient (Wildman–Crippen LogP) is 3.41. The Balaban J connectivity index is 2.11. The first-order chi connectivity index (χ1) is 9.22. The number of hydrogen-bond donors (Lipinski definition) is 2. The zero-order chi connectivity index (χ0) is 13.7. The highest BCUT2D eigenvalue weighted by molar-refractivity contribution is 9.10. The number of fused-ring (bicyclic) bond motifs is 1. The van der Waals surface area contributed by atoms with Crippen LogP contribution in [0.1, 0.15) is 44.2 Å². The Kier molecular flexibility index (Phi) is 5.67. The number of para-hydroxylation sites is 1. The number of benzene rings is 1. The molecule has 19 heavy (non-hydrogen) atoms. The topological polar surface area (TPSA) is 41.5 Å². The molecular weight excluding hydrogens is 306 g/mol. The van der Waals surface area contributed by atoms with Crippen LogP contribution in [-0.4, -0.2) is 24.4 Å². The molecule has 0 amide bonds. The molecule has 2 atom stereocenters. The summed E-state index contributed by atoms with van der Waals surface area (Å²) in [6, 6.07) is 6.97. The molecule has 0 radical (unpaired) electrons. The van der Waals surface area contributed by atoms with Crippen LogP contribution in [-0.2, 0) is 0 Å². The first-order valence-corrected chi connectivity index (χ1v) is 7.79. The van der Waals surface area contributed by atoms with E-state index in [2.05, 4.69) is 40.3 Å². The first-order valence-electron chi connectivity index (χ1n) is 7.00. The number of aliphatic hydroxyl groups excluding tert-OH is 1. The molecule has 2 rings (SSSR count). The van der Waals surface area contributed by atoms with Gasteiger partial charge in [0, 0.05) is 24.3 Å². The SMILES string of the molecule is CC(CCCO)NC1CCCOc2c(Br)cccc21. The summed E-state index contributed by atoms with van der Waals surface area (Å²) in [5, 5.41) is 12.6. The Hall–Kier alpha value is -0.580. The minimum Gasteiger partial charge on any atom is -0.492 e. The van der Waals surface area contributed by atoms with E-state index in [1.807, 2.05) is 6.07 Å². The zero-order valence-corrected chi connectivity index (χ0v) is 12.9. The van der Waals surface area contributed by atoms with Gasteiger partial charge in [-0.3, -0.25) is 0 Å². The fourth-order valence-electron chi connectivity index (χ4n) is 2.57. The van der Waals surface area contributed by atoms with Crippen molar-refractivity contribution >= 4 is 15.9 Å². The number of hydrogen-bond acceptors (Lipinski definition) is 3. The second kappa shape index (κ2) is 7.27. The molecule has 1 aliphatic heterocycles. The van der Waals surface area contributed by atoms with Crippen LogP contribution in [0.3, 0.4) is 0 Å². The number of aliphatic hydroxyl groups is 1. The Morgan fingerprint density at radius 2 is 2.37 bits per heavy atom. The summed E-state index contributed by atoms with van der Waals surface area (Å²) in [5.41, 5.74) is 1.24. The van der Waals surface area contributed by atoms with Gasteiger partial charge in [0.05, 0.1) is 11.1 Å². The van der Waals surface area contributed by atoms with Crippen molar-refractivity contribution in [2.75, 3.05) is 13.2 Å². The second-order valence-electron chi connectivity index (χ2n) is 5.14. The molecule has 1 aliphatic rings. The third-order valence-electron chi connectivity index (χ3n) is 3.54. The molecule has 1 aromatic rings. The molecule has 3 nitrogen and oxygen atoms in total. The van der Waals surface area contributed by atoms with Crippen LogP contribution < -0.4 is 10.1 Å². The highest BCUT2D eigenvalue weighted by atomic mass is 79.9. The molecule has 0 bridgehead atoms. The van der Waals surface area contributed by atoms with E-state index >= 15 is 0 Å². The summed E-state index contributed by atoms with van der Waals surface area (Å²) in [5.74, 6) is 0.979. The maximum absolute atomic E-state index is 8.91. The maximum Gasteiger partial charge on any atom is 0.138 e. The third kappa shape index (κ3) is 3.94. The Bertz CT molecular complexity index is 411. The lowest BCUT2D eigenvalue weighted by Crippen LogP contribution is -2.30. The number of halogens is 1. The smallest absolute Gasteiger partial charge is 0.138 e. The van der Waals surface area contributed by atoms with Crippen molar-refractivity contribution in [3.8, 4) is 5.75 Å². The lowest BCUT2D eigenvalue weighted by Gasteiger charge is -2.23. The number of nitrogens with one attached hydrogen (secondary N) is 1. The van der Waals surface area contributed by atoms with Gasteiger partial charge in [-0.05, 0) is 54.6 Å². The van der Waals surface area contributed by atoms with Gasteiger partial charge in [0.1, 0.15) is 5.75 Å². The molecule has 0 saturated carbocycles. The van der Waals surface area contributed by atoms with Crippen molar-refractivity contribution < 1.29 is 9.84 Å². The molecule has 0 aromatic heterocycles. The maximum atomic E-state index is 8.91. The quantitative estimate of drug-likeness (QED) is 0.870. The molecule has 0 saturated heterocycles. The Morgan fingerprint density at radius 1 is 1.53 bits per heavy atom. The fraction of sp³-hybridized carbons (Fsp3) is 0.600. The van der Waals surface area contributed by atoms with Crippen molar-refractivity contribution in [3.05, 3.63) is 28.2 Å². The van der Waals surface area contributed by atoms with Gasteiger partial charge in [-0.25, -0.2) is 0 Å². The van der Waals surface area contributed by atoms with Gasteiger partial charge in [0.25, 0.3) is 0 Å². The Labute approximate surface area is 123 Å². The van der Waals surface area contributed by atoms with Gasteiger partial charge < -0.3 is 15.2 Å². The van der Waals surface area contributed by atoms with Gasteiger partial charge in [0.15, 0.2) is 0 Å². The molecule has 1 aromatic carbocycles. The molecule has 106 valence electrons. The van der Waals surface area contributed by atoms with Crippen LogP contribution in [0.15, 0.2) is 22.7 Å². The second-order valence-corrected chi connectivity index (χ2v) is 5.99. The van der Waals surface area contributed by atoms with Crippen molar-refractivity contribution in [1.82, 2.24) is 5.32 Å². The normalized spacial score (nSPS) is 20.3. The molecule has 4 heteroatoms. The molecule has 0 aliphatic carbocycles. The number of rotatable bonds is 5. The van der Waals surface area contributed by atoms with E-state index in [0.717, 1.165) is 42.5 Å². The molecule has 0 fully saturated rings. The van der Waals surface area contributed by atoms with Crippen LogP contribution >= 0.6 is 15.9 Å². The van der Waals surface area contributed by atoms with Crippen molar-refractivity contribution in [2.24, 2.45) is 0 Å². The summed E-state index contributed by atoms with van der Waals surface area (Å²) < 4.78 is 6.87. The average Bonchev–Trinajstić information content (AvgIpc) is 2.60. The van der Waals surface area contributed by atoms with E-state index in [0.29, 0.717) is 12.1 Å². The van der Waals surface area contributed by atoms with E-state index in [-0.39, 0.29) is 6.61 Å². The summed E-state index contributed by atoms with van der Waals surface area (Å²) in [6.45, 7) is 3.22. The summed E-state index contributed by atoms with van der Waals surface area (Å²) >= 11 is 3.57. The number of ether oxygens (including phenoxy) is 1. The van der Waals surface area contributed by atoms with Gasteiger partial charge in [0.2, 0.25) is 0 Å². The van der Waals surface area contributed by atoms with Crippen LogP contribution in [0.5, 0.6) is 5.75 Å². The molecule has 0 spiro atoms. The van der Waals surface area contributed by atoms with E-state index in [1.165, 1.54) is 5.56 Å². The van der Waals surface area contributed by atoms with E-state index in [9.17, 15) is 0 Å². The minimum absolute atomic E-state index is 0.266. The Morgan fingerprint density at radius 3 is 3.16 bits per heavy atom. The van der Waals surface area contributed by atoms with Crippen molar-refractivity contribution in [2.45, 2.75) is 44.7 Å². The van der Waals surface area contributed by atoms with Gasteiger partial charge in [-0.15, -0.1) is 0 Å². The standard InChI is InChI=1S/C15H22BrNO2/c1-11(5-3-9-18)17-14-8-4-10-19-15-12(14)6-2-7-13(15)16/h2,6-7,11,14,17-18H,3-5,8-10H2,1H3.